The molecule has 1 aliphatic rings. The van der Waals surface area contributed by atoms with E-state index in [0.29, 0.717) is 36.4 Å². The van der Waals surface area contributed by atoms with Crippen LogP contribution in [0, 0.1) is 5.82 Å². The maximum atomic E-state index is 14.4. The molecular formula is C27H23F4NO4. The van der Waals surface area contributed by atoms with Crippen molar-refractivity contribution in [1.29, 1.82) is 0 Å². The Morgan fingerprint density at radius 3 is 2.53 bits per heavy atom. The van der Waals surface area contributed by atoms with Crippen LogP contribution in [0.2, 0.25) is 0 Å². The van der Waals surface area contributed by atoms with Crippen molar-refractivity contribution in [2.24, 2.45) is 0 Å². The molecule has 1 aliphatic heterocycles. The molecule has 0 radical (unpaired) electrons. The minimum Gasteiger partial charge on any atom is -0.487 e. The quantitative estimate of drug-likeness (QED) is 0.401. The Morgan fingerprint density at radius 2 is 1.81 bits per heavy atom. The summed E-state index contributed by atoms with van der Waals surface area (Å²) in [6, 6.07) is 14.0. The van der Waals surface area contributed by atoms with Gasteiger partial charge in [0.2, 0.25) is 0 Å². The van der Waals surface area contributed by atoms with Crippen molar-refractivity contribution in [3.63, 3.8) is 0 Å². The molecule has 4 rings (SSSR count). The lowest BCUT2D eigenvalue weighted by Crippen LogP contribution is -2.36. The van der Waals surface area contributed by atoms with Gasteiger partial charge in [-0.2, -0.15) is 13.2 Å². The van der Waals surface area contributed by atoms with Gasteiger partial charge in [0.15, 0.2) is 0 Å². The Hall–Kier alpha value is -3.88. The molecule has 1 N–H and O–H groups in total. The maximum Gasteiger partial charge on any atom is 0.416 e. The highest BCUT2D eigenvalue weighted by Crippen LogP contribution is 2.38. The van der Waals surface area contributed by atoms with E-state index in [-0.39, 0.29) is 30.6 Å². The molecule has 0 aromatic heterocycles. The fourth-order valence-electron chi connectivity index (χ4n) is 4.21. The number of ether oxygens (including phenoxy) is 1. The minimum atomic E-state index is -4.57. The first-order valence-electron chi connectivity index (χ1n) is 11.4. The van der Waals surface area contributed by atoms with Crippen LogP contribution in [0.25, 0.3) is 0 Å². The summed E-state index contributed by atoms with van der Waals surface area (Å²) in [7, 11) is 0. The molecule has 0 saturated carbocycles. The number of halogens is 4. The number of rotatable bonds is 7. The summed E-state index contributed by atoms with van der Waals surface area (Å²) in [4.78, 5) is 25.4. The van der Waals surface area contributed by atoms with E-state index >= 15 is 0 Å². The van der Waals surface area contributed by atoms with Crippen LogP contribution in [0.15, 0.2) is 60.7 Å². The highest BCUT2D eigenvalue weighted by atomic mass is 19.4. The molecule has 0 bridgehead atoms. The lowest BCUT2D eigenvalue weighted by Gasteiger charge is -2.31. The molecule has 9 heteroatoms. The third-order valence-corrected chi connectivity index (χ3v) is 5.98. The van der Waals surface area contributed by atoms with E-state index in [1.54, 1.807) is 18.2 Å². The van der Waals surface area contributed by atoms with Crippen LogP contribution in [-0.2, 0) is 30.4 Å². The van der Waals surface area contributed by atoms with E-state index in [0.717, 1.165) is 17.7 Å². The fraction of sp³-hybridized carbons (Fsp3) is 0.259. The molecule has 3 aromatic rings. The highest BCUT2D eigenvalue weighted by molar-refractivity contribution is 6.07. The number of aliphatic carboxylic acids is 1. The smallest absolute Gasteiger partial charge is 0.416 e. The van der Waals surface area contributed by atoms with Gasteiger partial charge in [-0.25, -0.2) is 4.39 Å². The average molecular weight is 501 g/mol. The molecule has 1 amide bonds. The van der Waals surface area contributed by atoms with Gasteiger partial charge in [0.25, 0.3) is 5.91 Å². The van der Waals surface area contributed by atoms with Crippen LogP contribution in [0.4, 0.5) is 23.2 Å². The van der Waals surface area contributed by atoms with Crippen LogP contribution >= 0.6 is 0 Å². The van der Waals surface area contributed by atoms with E-state index in [9.17, 15) is 27.2 Å². The van der Waals surface area contributed by atoms with Gasteiger partial charge in [0.05, 0.1) is 11.3 Å². The van der Waals surface area contributed by atoms with E-state index in [1.165, 1.54) is 29.2 Å². The first kappa shape index (κ1) is 25.2. The molecule has 1 heterocycles. The van der Waals surface area contributed by atoms with Gasteiger partial charge in [0, 0.05) is 18.5 Å². The summed E-state index contributed by atoms with van der Waals surface area (Å²) in [5.41, 5.74) is 1.14. The molecule has 0 saturated heterocycles. The second-order valence-corrected chi connectivity index (χ2v) is 8.51. The lowest BCUT2D eigenvalue weighted by molar-refractivity contribution is -0.138. The Balaban J connectivity index is 1.57. The molecule has 188 valence electrons. The molecule has 5 nitrogen and oxygen atoms in total. The van der Waals surface area contributed by atoms with Crippen molar-refractivity contribution in [2.75, 3.05) is 11.4 Å². The third kappa shape index (κ3) is 5.67. The molecule has 0 atom stereocenters. The van der Waals surface area contributed by atoms with E-state index < -0.39 is 29.4 Å². The van der Waals surface area contributed by atoms with E-state index in [2.05, 4.69) is 0 Å². The largest absolute Gasteiger partial charge is 0.487 e. The van der Waals surface area contributed by atoms with Crippen LogP contribution in [0.3, 0.4) is 0 Å². The highest BCUT2D eigenvalue weighted by Gasteiger charge is 2.32. The molecule has 36 heavy (non-hydrogen) atoms. The number of hydrogen-bond acceptors (Lipinski definition) is 3. The first-order valence-corrected chi connectivity index (χ1v) is 11.4. The second-order valence-electron chi connectivity index (χ2n) is 8.51. The van der Waals surface area contributed by atoms with Gasteiger partial charge >= 0.3 is 12.1 Å². The first-order chi connectivity index (χ1) is 17.1. The summed E-state index contributed by atoms with van der Waals surface area (Å²) >= 11 is 0. The maximum absolute atomic E-state index is 14.4. The molecule has 0 aliphatic carbocycles. The topological polar surface area (TPSA) is 66.8 Å². The average Bonchev–Trinajstić information content (AvgIpc) is 2.85. The normalized spacial score (nSPS) is 13.3. The minimum absolute atomic E-state index is 0.0157. The Morgan fingerprint density at radius 1 is 1.03 bits per heavy atom. The Labute approximate surface area is 204 Å². The Bertz CT molecular complexity index is 1290. The lowest BCUT2D eigenvalue weighted by atomic mass is 9.99. The monoisotopic (exact) mass is 501 g/mol. The van der Waals surface area contributed by atoms with Crippen molar-refractivity contribution in [3.05, 3.63) is 94.3 Å². The van der Waals surface area contributed by atoms with Crippen molar-refractivity contribution in [2.45, 2.75) is 38.5 Å². The zero-order valence-electron chi connectivity index (χ0n) is 19.1. The van der Waals surface area contributed by atoms with Crippen molar-refractivity contribution in [3.8, 4) is 5.75 Å². The number of anilines is 1. The number of amides is 1. The number of carboxylic acid groups (broad SMARTS) is 1. The van der Waals surface area contributed by atoms with Crippen LogP contribution in [0.5, 0.6) is 5.75 Å². The fourth-order valence-corrected chi connectivity index (χ4v) is 4.21. The number of aryl methyl sites for hydroxylation is 2. The summed E-state index contributed by atoms with van der Waals surface area (Å²) in [5.74, 6) is -1.75. The van der Waals surface area contributed by atoms with Crippen molar-refractivity contribution >= 4 is 17.6 Å². The predicted molar refractivity (Wildman–Crippen MR) is 125 cm³/mol. The number of fused-ring (bicyclic) bond motifs is 1. The number of carbonyl (C=O) groups excluding carboxylic acids is 1. The predicted octanol–water partition coefficient (Wildman–Crippen LogP) is 6.03. The van der Waals surface area contributed by atoms with Gasteiger partial charge in [-0.05, 0) is 66.3 Å². The summed E-state index contributed by atoms with van der Waals surface area (Å²) in [5, 5.41) is 8.79. The van der Waals surface area contributed by atoms with Gasteiger partial charge < -0.3 is 14.7 Å². The van der Waals surface area contributed by atoms with Crippen LogP contribution in [0.1, 0.15) is 45.5 Å². The van der Waals surface area contributed by atoms with Gasteiger partial charge in [-0.1, -0.05) is 30.3 Å². The zero-order chi connectivity index (χ0) is 25.9. The third-order valence-electron chi connectivity index (χ3n) is 5.98. The standard InChI is InChI=1S/C27H23F4NO4/c28-22-14-17(9-10-18(22)11-12-24(33)34)16-36-23-8-2-4-19-6-3-13-32(25(19)23)26(35)20-5-1-7-21(15-20)27(29,30)31/h1-2,4-5,7-10,14-15H,3,6,11-13,16H2,(H,33,34). The number of hydrogen-bond donors (Lipinski definition) is 1. The van der Waals surface area contributed by atoms with E-state index in [1.807, 2.05) is 6.07 Å². The van der Waals surface area contributed by atoms with Gasteiger partial charge in [0.1, 0.15) is 18.2 Å². The summed E-state index contributed by atoms with van der Waals surface area (Å²) in [6.45, 7) is 0.299. The van der Waals surface area contributed by atoms with Crippen LogP contribution in [-0.4, -0.2) is 23.5 Å². The van der Waals surface area contributed by atoms with Crippen molar-refractivity contribution < 1.29 is 37.0 Å². The summed E-state index contributed by atoms with van der Waals surface area (Å²) < 4.78 is 59.9. The number of nitrogens with zero attached hydrogens (tertiary/aromatic N) is 1. The van der Waals surface area contributed by atoms with Gasteiger partial charge in [-0.3, -0.25) is 9.59 Å². The molecule has 0 fully saturated rings. The van der Waals surface area contributed by atoms with Gasteiger partial charge in [-0.15, -0.1) is 0 Å². The van der Waals surface area contributed by atoms with Crippen LogP contribution < -0.4 is 9.64 Å². The molecule has 0 spiro atoms. The number of alkyl halides is 3. The number of para-hydroxylation sites is 1. The van der Waals surface area contributed by atoms with Crippen molar-refractivity contribution in [1.82, 2.24) is 0 Å². The SMILES string of the molecule is O=C(O)CCc1ccc(COc2cccc3c2N(C(=O)c2cccc(C(F)(F)F)c2)CCC3)cc1F. The summed E-state index contributed by atoms with van der Waals surface area (Å²) in [6.07, 6.45) is -3.36. The number of benzene rings is 3. The Kier molecular flexibility index (Phi) is 7.28. The molecule has 0 unspecified atom stereocenters. The number of carbonyl (C=O) groups is 2. The zero-order valence-corrected chi connectivity index (χ0v) is 19.1. The molecule has 3 aromatic carbocycles. The van der Waals surface area contributed by atoms with E-state index in [4.69, 9.17) is 9.84 Å². The number of carboxylic acids is 1. The molecular weight excluding hydrogens is 478 g/mol. The second kappa shape index (κ2) is 10.4.